The average molecular weight is 271 g/mol. The topological polar surface area (TPSA) is 3.24 Å². The molecule has 1 fully saturated rings. The molecule has 0 amide bonds. The van der Waals surface area contributed by atoms with Gasteiger partial charge in [-0.2, -0.15) is 13.2 Å². The summed E-state index contributed by atoms with van der Waals surface area (Å²) in [6, 6.07) is 6.65. The lowest BCUT2D eigenvalue weighted by Crippen LogP contribution is -2.40. The maximum atomic E-state index is 12.8. The first-order chi connectivity index (χ1) is 8.88. The van der Waals surface area contributed by atoms with E-state index < -0.39 is 12.2 Å². The molecule has 106 valence electrons. The minimum atomic E-state index is -4.10. The number of nitrogens with zero attached hydrogens (tertiary/aromatic N) is 1. The second-order valence-corrected chi connectivity index (χ2v) is 5.57. The summed E-state index contributed by atoms with van der Waals surface area (Å²) in [5.74, 6) is 0.448. The molecule has 19 heavy (non-hydrogen) atoms. The first-order valence-corrected chi connectivity index (χ1v) is 6.77. The molecule has 1 heterocycles. The van der Waals surface area contributed by atoms with Gasteiger partial charge in [0.2, 0.25) is 0 Å². The normalized spacial score (nSPS) is 21.3. The van der Waals surface area contributed by atoms with Crippen molar-refractivity contribution in [1.29, 1.82) is 0 Å². The maximum absolute atomic E-state index is 12.8. The molecule has 1 unspecified atom stereocenters. The second kappa shape index (κ2) is 5.53. The van der Waals surface area contributed by atoms with Crippen molar-refractivity contribution >= 4 is 0 Å². The quantitative estimate of drug-likeness (QED) is 0.790. The van der Waals surface area contributed by atoms with Gasteiger partial charge < -0.3 is 0 Å². The summed E-state index contributed by atoms with van der Waals surface area (Å²) < 4.78 is 38.5. The van der Waals surface area contributed by atoms with Crippen molar-refractivity contribution in [2.45, 2.75) is 51.4 Å². The molecule has 0 N–H and O–H groups in total. The minimum Gasteiger partial charge on any atom is -0.288 e. The van der Waals surface area contributed by atoms with Gasteiger partial charge in [0.15, 0.2) is 0 Å². The van der Waals surface area contributed by atoms with E-state index in [0.29, 0.717) is 25.4 Å². The van der Waals surface area contributed by atoms with Gasteiger partial charge in [0.25, 0.3) is 0 Å². The van der Waals surface area contributed by atoms with Crippen molar-refractivity contribution < 1.29 is 13.2 Å². The Morgan fingerprint density at radius 3 is 2.37 bits per heavy atom. The van der Waals surface area contributed by atoms with E-state index in [-0.39, 0.29) is 6.42 Å². The number of rotatable bonds is 3. The molecule has 0 radical (unpaired) electrons. The summed E-state index contributed by atoms with van der Waals surface area (Å²) in [6.07, 6.45) is -3.24. The number of benzene rings is 1. The van der Waals surface area contributed by atoms with Crippen molar-refractivity contribution in [3.05, 3.63) is 35.4 Å². The highest BCUT2D eigenvalue weighted by atomic mass is 19.4. The average Bonchev–Trinajstić information content (AvgIpc) is 2.77. The highest BCUT2D eigenvalue weighted by Gasteiger charge is 2.45. The van der Waals surface area contributed by atoms with Gasteiger partial charge in [0.05, 0.1) is 0 Å². The van der Waals surface area contributed by atoms with Crippen LogP contribution in [0.3, 0.4) is 0 Å². The van der Waals surface area contributed by atoms with Crippen LogP contribution in [0.4, 0.5) is 13.2 Å². The van der Waals surface area contributed by atoms with Crippen LogP contribution in [0.25, 0.3) is 0 Å². The highest BCUT2D eigenvalue weighted by molar-refractivity contribution is 5.24. The van der Waals surface area contributed by atoms with E-state index >= 15 is 0 Å². The van der Waals surface area contributed by atoms with Gasteiger partial charge in [-0.05, 0) is 36.4 Å². The van der Waals surface area contributed by atoms with Gasteiger partial charge in [-0.15, -0.1) is 0 Å². The number of hydrogen-bond donors (Lipinski definition) is 0. The molecule has 1 aliphatic heterocycles. The minimum absolute atomic E-state index is 0.230. The van der Waals surface area contributed by atoms with Crippen LogP contribution in [0.15, 0.2) is 24.3 Å². The van der Waals surface area contributed by atoms with Gasteiger partial charge in [0, 0.05) is 6.54 Å². The van der Waals surface area contributed by atoms with Gasteiger partial charge in [-0.3, -0.25) is 4.90 Å². The lowest BCUT2D eigenvalue weighted by atomic mass is 10.0. The van der Waals surface area contributed by atoms with Crippen LogP contribution in [0.5, 0.6) is 0 Å². The third-order valence-corrected chi connectivity index (χ3v) is 3.77. The molecule has 0 aliphatic carbocycles. The summed E-state index contributed by atoms with van der Waals surface area (Å²) in [5.41, 5.74) is 2.18. The molecule has 0 spiro atoms. The molecule has 1 saturated heterocycles. The fraction of sp³-hybridized carbons (Fsp3) is 0.600. The standard InChI is InChI=1S/C15H20F3N/c1-11(2)13-7-5-12(6-8-13)10-19-9-3-4-14(19)15(16,17)18/h5-8,11,14H,3-4,9-10H2,1-2H3. The Bertz CT molecular complexity index is 408. The predicted octanol–water partition coefficient (Wildman–Crippen LogP) is 4.34. The molecular formula is C15H20F3N. The third-order valence-electron chi connectivity index (χ3n) is 3.77. The van der Waals surface area contributed by atoms with Crippen LogP contribution in [0, 0.1) is 0 Å². The van der Waals surface area contributed by atoms with Gasteiger partial charge in [-0.1, -0.05) is 38.1 Å². The van der Waals surface area contributed by atoms with E-state index in [1.54, 1.807) is 4.90 Å². The van der Waals surface area contributed by atoms with Crippen molar-refractivity contribution in [3.8, 4) is 0 Å². The molecule has 0 aromatic heterocycles. The first kappa shape index (κ1) is 14.4. The van der Waals surface area contributed by atoms with E-state index in [9.17, 15) is 13.2 Å². The van der Waals surface area contributed by atoms with Crippen LogP contribution < -0.4 is 0 Å². The molecule has 4 heteroatoms. The lowest BCUT2D eigenvalue weighted by Gasteiger charge is -2.26. The summed E-state index contributed by atoms with van der Waals surface area (Å²) >= 11 is 0. The zero-order valence-corrected chi connectivity index (χ0v) is 11.4. The number of halogens is 3. The molecule has 1 aliphatic rings. The van der Waals surface area contributed by atoms with Crippen LogP contribution >= 0.6 is 0 Å². The van der Waals surface area contributed by atoms with Crippen molar-refractivity contribution in [2.75, 3.05) is 6.54 Å². The van der Waals surface area contributed by atoms with Crippen molar-refractivity contribution in [2.24, 2.45) is 0 Å². The van der Waals surface area contributed by atoms with E-state index in [0.717, 1.165) is 5.56 Å². The van der Waals surface area contributed by atoms with E-state index in [4.69, 9.17) is 0 Å². The first-order valence-electron chi connectivity index (χ1n) is 6.77. The van der Waals surface area contributed by atoms with E-state index in [1.807, 2.05) is 24.3 Å². The second-order valence-electron chi connectivity index (χ2n) is 5.57. The van der Waals surface area contributed by atoms with E-state index in [2.05, 4.69) is 13.8 Å². The molecular weight excluding hydrogens is 251 g/mol. The van der Waals surface area contributed by atoms with Crippen molar-refractivity contribution in [1.82, 2.24) is 4.90 Å². The predicted molar refractivity (Wildman–Crippen MR) is 70.0 cm³/mol. The number of likely N-dealkylation sites (tertiary alicyclic amines) is 1. The Morgan fingerprint density at radius 2 is 1.84 bits per heavy atom. The fourth-order valence-corrected chi connectivity index (χ4v) is 2.63. The molecule has 0 bridgehead atoms. The molecule has 1 aromatic carbocycles. The smallest absolute Gasteiger partial charge is 0.288 e. The molecule has 1 nitrogen and oxygen atoms in total. The van der Waals surface area contributed by atoms with Crippen molar-refractivity contribution in [3.63, 3.8) is 0 Å². The summed E-state index contributed by atoms with van der Waals surface area (Å²) in [7, 11) is 0. The Labute approximate surface area is 112 Å². The lowest BCUT2D eigenvalue weighted by molar-refractivity contribution is -0.177. The Balaban J connectivity index is 2.04. The molecule has 0 saturated carbocycles. The SMILES string of the molecule is CC(C)c1ccc(CN2CCCC2C(F)(F)F)cc1. The fourth-order valence-electron chi connectivity index (χ4n) is 2.63. The van der Waals surface area contributed by atoms with E-state index in [1.165, 1.54) is 5.56 Å². The zero-order chi connectivity index (χ0) is 14.0. The molecule has 2 rings (SSSR count). The van der Waals surface area contributed by atoms with Gasteiger partial charge in [0.1, 0.15) is 6.04 Å². The molecule has 1 aromatic rings. The van der Waals surface area contributed by atoms with Crippen LogP contribution in [-0.4, -0.2) is 23.7 Å². The van der Waals surface area contributed by atoms with Crippen LogP contribution in [0.2, 0.25) is 0 Å². The third kappa shape index (κ3) is 3.50. The van der Waals surface area contributed by atoms with Crippen LogP contribution in [0.1, 0.15) is 43.7 Å². The largest absolute Gasteiger partial charge is 0.404 e. The number of alkyl halides is 3. The zero-order valence-electron chi connectivity index (χ0n) is 11.4. The molecule has 1 atom stereocenters. The Hall–Kier alpha value is -1.03. The van der Waals surface area contributed by atoms with Crippen LogP contribution in [-0.2, 0) is 6.54 Å². The summed E-state index contributed by atoms with van der Waals surface area (Å²) in [6.45, 7) is 5.14. The maximum Gasteiger partial charge on any atom is 0.404 e. The monoisotopic (exact) mass is 271 g/mol. The summed E-state index contributed by atoms with van der Waals surface area (Å²) in [4.78, 5) is 1.55. The highest BCUT2D eigenvalue weighted by Crippen LogP contribution is 2.33. The Morgan fingerprint density at radius 1 is 1.21 bits per heavy atom. The summed E-state index contributed by atoms with van der Waals surface area (Å²) in [5, 5.41) is 0. The van der Waals surface area contributed by atoms with Gasteiger partial charge in [-0.25, -0.2) is 0 Å². The Kier molecular flexibility index (Phi) is 4.19. The van der Waals surface area contributed by atoms with Gasteiger partial charge >= 0.3 is 6.18 Å². The number of hydrogen-bond acceptors (Lipinski definition) is 1.